The van der Waals surface area contributed by atoms with Crippen molar-refractivity contribution in [1.82, 2.24) is 29.7 Å². The van der Waals surface area contributed by atoms with Crippen molar-refractivity contribution in [1.29, 1.82) is 0 Å². The molecule has 0 saturated carbocycles. The molecule has 0 spiro atoms. The van der Waals surface area contributed by atoms with E-state index in [4.69, 9.17) is 9.72 Å². The van der Waals surface area contributed by atoms with E-state index in [1.54, 1.807) is 4.90 Å². The summed E-state index contributed by atoms with van der Waals surface area (Å²) in [6.45, 7) is 2.52. The summed E-state index contributed by atoms with van der Waals surface area (Å²) in [7, 11) is 5.90. The minimum absolute atomic E-state index is 0.107. The van der Waals surface area contributed by atoms with Crippen LogP contribution in [0.15, 0.2) is 42.7 Å². The third kappa shape index (κ3) is 4.39. The molecule has 2 amide bonds. The van der Waals surface area contributed by atoms with Crippen LogP contribution in [-0.4, -0.2) is 70.5 Å². The van der Waals surface area contributed by atoms with Crippen molar-refractivity contribution in [2.45, 2.75) is 38.3 Å². The van der Waals surface area contributed by atoms with Gasteiger partial charge in [-0.15, -0.1) is 0 Å². The summed E-state index contributed by atoms with van der Waals surface area (Å²) in [6.07, 6.45) is 6.05. The molecule has 6 heterocycles. The Bertz CT molecular complexity index is 1710. The second-order valence-electron chi connectivity index (χ2n) is 11.4. The van der Waals surface area contributed by atoms with E-state index in [9.17, 15) is 9.59 Å². The molecule has 0 radical (unpaired) electrons. The molecule has 41 heavy (non-hydrogen) atoms. The summed E-state index contributed by atoms with van der Waals surface area (Å²) in [5, 5.41) is 11.1. The molecule has 1 aromatic carbocycles. The Labute approximate surface area is 238 Å². The number of benzene rings is 1. The number of nitrogens with one attached hydrogen (secondary N) is 2. The number of anilines is 2. The number of aromatic nitrogens is 3. The van der Waals surface area contributed by atoms with Crippen LogP contribution in [0.5, 0.6) is 5.75 Å². The summed E-state index contributed by atoms with van der Waals surface area (Å²) in [5.74, 6) is 1.79. The highest BCUT2D eigenvalue weighted by molar-refractivity contribution is 6.06. The summed E-state index contributed by atoms with van der Waals surface area (Å²) < 4.78 is 7.70. The molecule has 1 saturated heterocycles. The van der Waals surface area contributed by atoms with Crippen LogP contribution in [0.3, 0.4) is 0 Å². The largest absolute Gasteiger partial charge is 0.493 e. The van der Waals surface area contributed by atoms with Crippen LogP contribution in [0, 0.1) is 0 Å². The molecule has 10 heteroatoms. The van der Waals surface area contributed by atoms with Crippen LogP contribution in [0.1, 0.15) is 51.5 Å². The van der Waals surface area contributed by atoms with Crippen molar-refractivity contribution in [3.05, 3.63) is 70.7 Å². The van der Waals surface area contributed by atoms with Crippen molar-refractivity contribution >= 4 is 28.8 Å². The first kappa shape index (κ1) is 25.5. The first-order valence-electron chi connectivity index (χ1n) is 14.1. The molecule has 3 aromatic heterocycles. The summed E-state index contributed by atoms with van der Waals surface area (Å²) in [4.78, 5) is 34.4. The van der Waals surface area contributed by atoms with Gasteiger partial charge in [-0.2, -0.15) is 5.10 Å². The molecule has 1 atom stereocenters. The van der Waals surface area contributed by atoms with Crippen molar-refractivity contribution in [3.63, 3.8) is 0 Å². The number of hydrogen-bond acceptors (Lipinski definition) is 7. The number of pyridine rings is 2. The number of piperidine rings is 1. The lowest BCUT2D eigenvalue weighted by molar-refractivity contribution is -0.132. The topological polar surface area (TPSA) is 104 Å². The molecule has 2 N–H and O–H groups in total. The Morgan fingerprint density at radius 2 is 2.00 bits per heavy atom. The average molecular weight is 552 g/mol. The molecule has 0 bridgehead atoms. The van der Waals surface area contributed by atoms with Gasteiger partial charge in [0.1, 0.15) is 11.6 Å². The smallest absolute Gasteiger partial charge is 0.254 e. The van der Waals surface area contributed by atoms with Gasteiger partial charge in [-0.3, -0.25) is 9.59 Å². The van der Waals surface area contributed by atoms with Crippen LogP contribution in [0.4, 0.5) is 11.5 Å². The number of likely N-dealkylation sites (tertiary alicyclic amines) is 1. The fraction of sp³-hybridized carbons (Fsp3) is 0.355. The van der Waals surface area contributed by atoms with E-state index >= 15 is 0 Å². The van der Waals surface area contributed by atoms with Gasteiger partial charge in [0.2, 0.25) is 5.91 Å². The maximum absolute atomic E-state index is 13.1. The lowest BCUT2D eigenvalue weighted by Crippen LogP contribution is -2.35. The van der Waals surface area contributed by atoms with Crippen LogP contribution >= 0.6 is 0 Å². The Balaban J connectivity index is 1.25. The van der Waals surface area contributed by atoms with Crippen molar-refractivity contribution in [3.8, 4) is 16.9 Å². The number of carbonyl (C=O) groups is 2. The maximum atomic E-state index is 13.1. The summed E-state index contributed by atoms with van der Waals surface area (Å²) in [6, 6.07) is 10.0. The number of hydrogen-bond donors (Lipinski definition) is 2. The molecular formula is C31H33N7O3. The van der Waals surface area contributed by atoms with E-state index in [1.165, 1.54) is 0 Å². The van der Waals surface area contributed by atoms with E-state index in [1.807, 2.05) is 56.3 Å². The second kappa shape index (κ2) is 9.88. The van der Waals surface area contributed by atoms with Gasteiger partial charge in [-0.1, -0.05) is 12.1 Å². The quantitative estimate of drug-likeness (QED) is 0.377. The van der Waals surface area contributed by atoms with E-state index < -0.39 is 0 Å². The summed E-state index contributed by atoms with van der Waals surface area (Å²) >= 11 is 0. The van der Waals surface area contributed by atoms with Crippen LogP contribution < -0.4 is 15.4 Å². The molecule has 1 fully saturated rings. The highest BCUT2D eigenvalue weighted by atomic mass is 16.5. The average Bonchev–Trinajstić information content (AvgIpc) is 3.69. The second-order valence-corrected chi connectivity index (χ2v) is 11.4. The highest BCUT2D eigenvalue weighted by Crippen LogP contribution is 2.40. The van der Waals surface area contributed by atoms with Gasteiger partial charge in [0.25, 0.3) is 5.91 Å². The van der Waals surface area contributed by atoms with E-state index in [0.717, 1.165) is 64.2 Å². The van der Waals surface area contributed by atoms with Gasteiger partial charge in [0, 0.05) is 56.8 Å². The molecular weight excluding hydrogens is 518 g/mol. The van der Waals surface area contributed by atoms with Gasteiger partial charge in [0.15, 0.2) is 0 Å². The molecule has 7 rings (SSSR count). The summed E-state index contributed by atoms with van der Waals surface area (Å²) in [5.41, 5.74) is 8.52. The molecule has 3 aliphatic heterocycles. The predicted octanol–water partition coefficient (Wildman–Crippen LogP) is 3.72. The van der Waals surface area contributed by atoms with Crippen LogP contribution in [-0.2, 0) is 24.3 Å². The van der Waals surface area contributed by atoms with Gasteiger partial charge in [0.05, 0.1) is 35.3 Å². The van der Waals surface area contributed by atoms with Gasteiger partial charge in [-0.05, 0) is 61.3 Å². The molecule has 10 nitrogen and oxygen atoms in total. The number of rotatable bonds is 6. The van der Waals surface area contributed by atoms with Gasteiger partial charge >= 0.3 is 0 Å². The van der Waals surface area contributed by atoms with Gasteiger partial charge in [-0.25, -0.2) is 9.50 Å². The third-order valence-corrected chi connectivity index (χ3v) is 8.45. The molecule has 4 aromatic rings. The Kier molecular flexibility index (Phi) is 6.15. The maximum Gasteiger partial charge on any atom is 0.254 e. The lowest BCUT2D eigenvalue weighted by Gasteiger charge is -2.30. The number of fused-ring (bicyclic) bond motifs is 4. The molecule has 3 aliphatic rings. The van der Waals surface area contributed by atoms with E-state index in [2.05, 4.69) is 32.8 Å². The molecule has 0 unspecified atom stereocenters. The first-order valence-corrected chi connectivity index (χ1v) is 14.1. The monoisotopic (exact) mass is 551 g/mol. The normalized spacial score (nSPS) is 18.0. The number of amides is 2. The first-order chi connectivity index (χ1) is 19.9. The molecule has 0 aliphatic carbocycles. The van der Waals surface area contributed by atoms with Crippen molar-refractivity contribution in [2.24, 2.45) is 0 Å². The minimum atomic E-state index is -0.107. The number of ether oxygens (including phenoxy) is 1. The minimum Gasteiger partial charge on any atom is -0.493 e. The zero-order chi connectivity index (χ0) is 28.2. The Morgan fingerprint density at radius 3 is 2.83 bits per heavy atom. The third-order valence-electron chi connectivity index (χ3n) is 8.45. The zero-order valence-electron chi connectivity index (χ0n) is 23.5. The standard InChI is InChI=1S/C31H33N7O3/c1-36(2)17-25-19(18-8-11-37(3)28(39)14-18)5-7-27(35-25)34-24-6-4-20(22-15-32-31(40)29(22)24)23-16-33-38-12-9-26-21(30(23)38)10-13-41-26/h4-7,9,12,16,18H,8,10-11,13-15,17H2,1-3H3,(H,32,40)(H,34,35)/t18-/m1/s1. The van der Waals surface area contributed by atoms with Crippen molar-refractivity contribution < 1.29 is 14.3 Å². The number of nitrogens with zero attached hydrogens (tertiary/aromatic N) is 5. The Hall–Kier alpha value is -4.44. The van der Waals surface area contributed by atoms with E-state index in [0.29, 0.717) is 43.2 Å². The zero-order valence-corrected chi connectivity index (χ0v) is 23.5. The Morgan fingerprint density at radius 1 is 1.12 bits per heavy atom. The fourth-order valence-corrected chi connectivity index (χ4v) is 6.40. The predicted molar refractivity (Wildman–Crippen MR) is 156 cm³/mol. The van der Waals surface area contributed by atoms with Crippen LogP contribution in [0.25, 0.3) is 16.6 Å². The van der Waals surface area contributed by atoms with E-state index in [-0.39, 0.29) is 17.7 Å². The van der Waals surface area contributed by atoms with Crippen molar-refractivity contribution in [2.75, 3.05) is 39.6 Å². The highest BCUT2D eigenvalue weighted by Gasteiger charge is 2.30. The SMILES string of the molecule is CN(C)Cc1nc(Nc2ccc(-c3cnn4ccc5c(c34)CCO5)c3c2C(=O)NC3)ccc1[C@@H]1CCN(C)C(=O)C1. The fourth-order valence-electron chi connectivity index (χ4n) is 6.40. The lowest BCUT2D eigenvalue weighted by atomic mass is 9.88. The van der Waals surface area contributed by atoms with Crippen LogP contribution in [0.2, 0.25) is 0 Å². The van der Waals surface area contributed by atoms with Gasteiger partial charge < -0.3 is 25.2 Å². The number of carbonyl (C=O) groups excluding carboxylic acids is 2. The molecule has 210 valence electrons.